The first kappa shape index (κ1) is 19.1. The van der Waals surface area contributed by atoms with Crippen molar-refractivity contribution in [3.63, 3.8) is 0 Å². The van der Waals surface area contributed by atoms with Gasteiger partial charge < -0.3 is 19.9 Å². The number of nitrogens with zero attached hydrogens (tertiary/aromatic N) is 3. The molecule has 7 nitrogen and oxygen atoms in total. The van der Waals surface area contributed by atoms with Crippen molar-refractivity contribution in [2.45, 2.75) is 37.6 Å². The molecular weight excluding hydrogens is 400 g/mol. The lowest BCUT2D eigenvalue weighted by atomic mass is 9.94. The van der Waals surface area contributed by atoms with Crippen LogP contribution < -0.4 is 0 Å². The highest BCUT2D eigenvalue weighted by Crippen LogP contribution is 2.38. The lowest BCUT2D eigenvalue weighted by Gasteiger charge is -2.35. The summed E-state index contributed by atoms with van der Waals surface area (Å²) in [6, 6.07) is 8.94. The lowest BCUT2D eigenvalue weighted by molar-refractivity contribution is -0.134. The number of carbonyl (C=O) groups excluding carboxylic acids is 2. The molecular formula is C22H24N4O3S. The van der Waals surface area contributed by atoms with Gasteiger partial charge in [-0.15, -0.1) is 11.3 Å². The average molecular weight is 425 g/mol. The van der Waals surface area contributed by atoms with Crippen LogP contribution in [0.4, 0.5) is 0 Å². The zero-order chi connectivity index (χ0) is 20.7. The Balaban J connectivity index is 1.26. The van der Waals surface area contributed by atoms with Gasteiger partial charge in [0.1, 0.15) is 17.1 Å². The maximum absolute atomic E-state index is 13.0. The lowest BCUT2D eigenvalue weighted by Crippen LogP contribution is -2.49. The topological polar surface area (TPSA) is 89.5 Å². The fraction of sp³-hybridized carbons (Fsp3) is 0.409. The Morgan fingerprint density at radius 1 is 1.23 bits per heavy atom. The van der Waals surface area contributed by atoms with E-state index in [1.54, 1.807) is 23.7 Å². The number of aromatic amines is 1. The summed E-state index contributed by atoms with van der Waals surface area (Å²) in [5, 5.41) is 9.63. The minimum absolute atomic E-state index is 0.0175. The number of likely N-dealkylation sites (tertiary alicyclic amines) is 2. The molecule has 2 aliphatic rings. The zero-order valence-electron chi connectivity index (χ0n) is 16.6. The van der Waals surface area contributed by atoms with Gasteiger partial charge in [-0.05, 0) is 49.4 Å². The van der Waals surface area contributed by atoms with Crippen molar-refractivity contribution < 1.29 is 14.7 Å². The maximum atomic E-state index is 13.0. The maximum Gasteiger partial charge on any atom is 0.270 e. The molecule has 3 aromatic rings. The van der Waals surface area contributed by atoms with Crippen LogP contribution in [0.3, 0.4) is 0 Å². The summed E-state index contributed by atoms with van der Waals surface area (Å²) in [7, 11) is 0. The highest BCUT2D eigenvalue weighted by molar-refractivity contribution is 7.16. The Kier molecular flexibility index (Phi) is 4.73. The zero-order valence-corrected chi connectivity index (χ0v) is 17.5. The number of amides is 2. The molecule has 1 unspecified atom stereocenters. The van der Waals surface area contributed by atoms with Crippen molar-refractivity contribution >= 4 is 33.5 Å². The molecule has 156 valence electrons. The second-order valence-corrected chi connectivity index (χ2v) is 9.15. The number of rotatable bonds is 4. The van der Waals surface area contributed by atoms with Gasteiger partial charge in [-0.3, -0.25) is 9.59 Å². The minimum atomic E-state index is -0.242. The van der Waals surface area contributed by atoms with Crippen LogP contribution in [0.15, 0.2) is 35.8 Å². The molecule has 2 saturated heterocycles. The van der Waals surface area contributed by atoms with E-state index in [0.29, 0.717) is 31.6 Å². The van der Waals surface area contributed by atoms with Gasteiger partial charge in [0, 0.05) is 26.1 Å². The van der Waals surface area contributed by atoms with Gasteiger partial charge >= 0.3 is 0 Å². The van der Waals surface area contributed by atoms with E-state index in [1.165, 1.54) is 11.3 Å². The number of carbonyl (C=O) groups is 2. The molecule has 30 heavy (non-hydrogen) atoms. The average Bonchev–Trinajstić information content (AvgIpc) is 3.50. The molecule has 2 fully saturated rings. The molecule has 0 aliphatic carbocycles. The summed E-state index contributed by atoms with van der Waals surface area (Å²) >= 11 is 1.51. The quantitative estimate of drug-likeness (QED) is 0.673. The van der Waals surface area contributed by atoms with Crippen molar-refractivity contribution in [2.75, 3.05) is 19.6 Å². The standard InChI is InChI=1S/C22H24N4O3S/c27-16-4-1-3-15(11-16)5-6-19(28)26-9-2-7-22(26)8-10-25(13-22)21(29)17-12-18-20(24-17)23-14-30-18/h1,3-4,11-12,14,24,27H,2,5-10,13H2. The normalized spacial score (nSPS) is 21.2. The van der Waals surface area contributed by atoms with Gasteiger partial charge in [0.2, 0.25) is 5.91 Å². The number of hydrogen-bond acceptors (Lipinski definition) is 5. The van der Waals surface area contributed by atoms with E-state index >= 15 is 0 Å². The number of hydrogen-bond donors (Lipinski definition) is 2. The molecule has 0 radical (unpaired) electrons. The first-order chi connectivity index (χ1) is 14.5. The third kappa shape index (κ3) is 3.35. The second kappa shape index (κ2) is 7.43. The number of nitrogens with one attached hydrogen (secondary N) is 1. The Labute approximate surface area is 178 Å². The monoisotopic (exact) mass is 424 g/mol. The molecule has 1 aromatic carbocycles. The smallest absolute Gasteiger partial charge is 0.270 e. The number of fused-ring (bicyclic) bond motifs is 1. The molecule has 4 heterocycles. The summed E-state index contributed by atoms with van der Waals surface area (Å²) in [4.78, 5) is 37.3. The summed E-state index contributed by atoms with van der Waals surface area (Å²) in [5.74, 6) is 0.341. The second-order valence-electron chi connectivity index (χ2n) is 8.27. The number of aryl methyl sites for hydroxylation is 1. The number of phenolic OH excluding ortho intramolecular Hbond substituents is 1. The number of phenols is 1. The molecule has 0 bridgehead atoms. The molecule has 2 aliphatic heterocycles. The van der Waals surface area contributed by atoms with Gasteiger partial charge in [0.05, 0.1) is 15.7 Å². The van der Waals surface area contributed by atoms with E-state index in [1.807, 2.05) is 21.9 Å². The molecule has 1 spiro atoms. The van der Waals surface area contributed by atoms with E-state index in [-0.39, 0.29) is 23.1 Å². The van der Waals surface area contributed by atoms with Crippen LogP contribution in [-0.4, -0.2) is 61.9 Å². The van der Waals surface area contributed by atoms with E-state index in [4.69, 9.17) is 0 Å². The predicted octanol–water partition coefficient (Wildman–Crippen LogP) is 3.17. The van der Waals surface area contributed by atoms with Crippen molar-refractivity contribution in [3.05, 3.63) is 47.1 Å². The molecule has 2 N–H and O–H groups in total. The summed E-state index contributed by atoms with van der Waals surface area (Å²) < 4.78 is 0.983. The predicted molar refractivity (Wildman–Crippen MR) is 115 cm³/mol. The van der Waals surface area contributed by atoms with E-state index < -0.39 is 0 Å². The highest BCUT2D eigenvalue weighted by atomic mass is 32.1. The van der Waals surface area contributed by atoms with Crippen LogP contribution in [-0.2, 0) is 11.2 Å². The highest BCUT2D eigenvalue weighted by Gasteiger charge is 2.49. The first-order valence-electron chi connectivity index (χ1n) is 10.3. The van der Waals surface area contributed by atoms with Crippen LogP contribution in [0.1, 0.15) is 41.7 Å². The number of H-pyrrole nitrogens is 1. The minimum Gasteiger partial charge on any atom is -0.508 e. The molecule has 0 saturated carbocycles. The third-order valence-electron chi connectivity index (χ3n) is 6.41. The Hall–Kier alpha value is -2.87. The summed E-state index contributed by atoms with van der Waals surface area (Å²) in [5.41, 5.74) is 3.80. The molecule has 8 heteroatoms. The van der Waals surface area contributed by atoms with Gasteiger partial charge in [-0.25, -0.2) is 4.98 Å². The first-order valence-corrected chi connectivity index (χ1v) is 11.2. The molecule has 2 aromatic heterocycles. The van der Waals surface area contributed by atoms with Crippen molar-refractivity contribution in [2.24, 2.45) is 0 Å². The molecule has 5 rings (SSSR count). The largest absolute Gasteiger partial charge is 0.508 e. The van der Waals surface area contributed by atoms with Crippen molar-refractivity contribution in [1.82, 2.24) is 19.8 Å². The van der Waals surface area contributed by atoms with Gasteiger partial charge in [0.25, 0.3) is 5.91 Å². The van der Waals surface area contributed by atoms with Gasteiger partial charge in [-0.2, -0.15) is 0 Å². The fourth-order valence-electron chi connectivity index (χ4n) is 4.91. The van der Waals surface area contributed by atoms with E-state index in [0.717, 1.165) is 41.7 Å². The summed E-state index contributed by atoms with van der Waals surface area (Å²) in [6.45, 7) is 2.00. The number of benzene rings is 1. The van der Waals surface area contributed by atoms with E-state index in [9.17, 15) is 14.7 Å². The number of thiazole rings is 1. The Morgan fingerprint density at radius 2 is 2.13 bits per heavy atom. The molecule has 2 amide bonds. The van der Waals surface area contributed by atoms with Gasteiger partial charge in [-0.1, -0.05) is 12.1 Å². The van der Waals surface area contributed by atoms with Crippen LogP contribution in [0.25, 0.3) is 10.3 Å². The number of aromatic hydroxyl groups is 1. The van der Waals surface area contributed by atoms with Crippen molar-refractivity contribution in [1.29, 1.82) is 0 Å². The Bertz CT molecular complexity index is 1080. The fourth-order valence-corrected chi connectivity index (χ4v) is 5.58. The SMILES string of the molecule is O=C(c1cc2scnc2[nH]1)N1CCC2(CCCN2C(=O)CCc2cccc(O)c2)C1. The Morgan fingerprint density at radius 3 is 2.97 bits per heavy atom. The van der Waals surface area contributed by atoms with Crippen LogP contribution >= 0.6 is 11.3 Å². The summed E-state index contributed by atoms with van der Waals surface area (Å²) in [6.07, 6.45) is 3.76. The van der Waals surface area contributed by atoms with Crippen molar-refractivity contribution in [3.8, 4) is 5.75 Å². The van der Waals surface area contributed by atoms with Crippen LogP contribution in [0.5, 0.6) is 5.75 Å². The molecule has 1 atom stereocenters. The van der Waals surface area contributed by atoms with E-state index in [2.05, 4.69) is 9.97 Å². The van der Waals surface area contributed by atoms with Crippen LogP contribution in [0, 0.1) is 0 Å². The third-order valence-corrected chi connectivity index (χ3v) is 7.18. The van der Waals surface area contributed by atoms with Crippen LogP contribution in [0.2, 0.25) is 0 Å². The number of aromatic nitrogens is 2. The van der Waals surface area contributed by atoms with Gasteiger partial charge in [0.15, 0.2) is 0 Å².